The van der Waals surface area contributed by atoms with Crippen LogP contribution in [0.15, 0.2) is 35.7 Å². The topological polar surface area (TPSA) is 37.7 Å². The lowest BCUT2D eigenvalue weighted by atomic mass is 9.83. The fourth-order valence-corrected chi connectivity index (χ4v) is 4.10. The number of fused-ring (bicyclic) bond motifs is 2. The number of ether oxygens (including phenoxy) is 1. The molecule has 0 amide bonds. The summed E-state index contributed by atoms with van der Waals surface area (Å²) in [5.41, 5.74) is 4.11. The van der Waals surface area contributed by atoms with Gasteiger partial charge in [0.05, 0.1) is 25.9 Å². The summed E-state index contributed by atoms with van der Waals surface area (Å²) in [7, 11) is 1.70. The molecule has 1 aromatic rings. The molecule has 3 N–H and O–H groups in total. The van der Waals surface area contributed by atoms with Crippen LogP contribution in [0.5, 0.6) is 5.75 Å². The van der Waals surface area contributed by atoms with Crippen LogP contribution in [-0.4, -0.2) is 25.3 Å². The number of methoxy groups -OCH3 is 1. The van der Waals surface area contributed by atoms with Gasteiger partial charge in [-0.25, -0.2) is 0 Å². The smallest absolute Gasteiger partial charge is 0.171 e. The maximum Gasteiger partial charge on any atom is 0.171 e. The fourth-order valence-electron chi connectivity index (χ4n) is 3.87. The van der Waals surface area contributed by atoms with Crippen molar-refractivity contribution >= 4 is 17.3 Å². The van der Waals surface area contributed by atoms with Crippen molar-refractivity contribution in [3.8, 4) is 5.75 Å². The van der Waals surface area contributed by atoms with Crippen LogP contribution in [0.3, 0.4) is 0 Å². The molecule has 1 atom stereocenters. The second-order valence-corrected chi connectivity index (χ2v) is 6.42. The third-order valence-electron chi connectivity index (χ3n) is 4.93. The Morgan fingerprint density at radius 2 is 1.90 bits per heavy atom. The van der Waals surface area contributed by atoms with Gasteiger partial charge in [-0.15, -0.1) is 0 Å². The molecule has 110 valence electrons. The predicted molar refractivity (Wildman–Crippen MR) is 85.1 cm³/mol. The number of rotatable bonds is 2. The summed E-state index contributed by atoms with van der Waals surface area (Å²) in [4.78, 5) is 1.61. The van der Waals surface area contributed by atoms with Crippen LogP contribution in [0.25, 0.3) is 0 Å². The first-order valence-electron chi connectivity index (χ1n) is 7.57. The number of allylic oxidation sites excluding steroid dienone is 1. The summed E-state index contributed by atoms with van der Waals surface area (Å²) in [6.45, 7) is 2.48. The van der Waals surface area contributed by atoms with Crippen molar-refractivity contribution in [3.63, 3.8) is 0 Å². The number of hydrogen-bond donors (Lipinski definition) is 3. The molecule has 4 heterocycles. The molecule has 4 aliphatic rings. The number of quaternary nitrogens is 1. The summed E-state index contributed by atoms with van der Waals surface area (Å²) in [5, 5.41) is 7.63. The van der Waals surface area contributed by atoms with E-state index in [1.54, 1.807) is 12.0 Å². The Balaban J connectivity index is 1.76. The quantitative estimate of drug-likeness (QED) is 0.704. The first-order valence-corrected chi connectivity index (χ1v) is 7.97. The van der Waals surface area contributed by atoms with E-state index in [4.69, 9.17) is 17.0 Å². The third kappa shape index (κ3) is 2.12. The van der Waals surface area contributed by atoms with Crippen molar-refractivity contribution in [1.29, 1.82) is 0 Å². The zero-order chi connectivity index (χ0) is 14.4. The number of benzene rings is 1. The van der Waals surface area contributed by atoms with Gasteiger partial charge < -0.3 is 20.3 Å². The number of thiocarbonyl (C=S) groups is 1. The van der Waals surface area contributed by atoms with Crippen LogP contribution in [0.4, 0.5) is 0 Å². The van der Waals surface area contributed by atoms with Crippen molar-refractivity contribution in [2.24, 2.45) is 5.92 Å². The largest absolute Gasteiger partial charge is 0.497 e. The van der Waals surface area contributed by atoms with Gasteiger partial charge in [-0.3, -0.25) is 0 Å². The summed E-state index contributed by atoms with van der Waals surface area (Å²) < 4.78 is 5.26. The molecule has 1 aromatic carbocycles. The third-order valence-corrected chi connectivity index (χ3v) is 5.15. The van der Waals surface area contributed by atoms with Gasteiger partial charge in [0.2, 0.25) is 0 Å². The van der Waals surface area contributed by atoms with E-state index < -0.39 is 0 Å². The summed E-state index contributed by atoms with van der Waals surface area (Å²) in [5.74, 6) is 1.56. The van der Waals surface area contributed by atoms with Crippen LogP contribution >= 0.6 is 12.2 Å². The van der Waals surface area contributed by atoms with Gasteiger partial charge in [-0.05, 0) is 29.9 Å². The highest BCUT2D eigenvalue weighted by Gasteiger charge is 2.44. The Morgan fingerprint density at radius 1 is 1.19 bits per heavy atom. The Kier molecular flexibility index (Phi) is 3.12. The molecule has 5 heteroatoms. The molecule has 21 heavy (non-hydrogen) atoms. The van der Waals surface area contributed by atoms with Gasteiger partial charge in [0.15, 0.2) is 10.8 Å². The van der Waals surface area contributed by atoms with Gasteiger partial charge in [0, 0.05) is 18.8 Å². The van der Waals surface area contributed by atoms with E-state index in [0.717, 1.165) is 10.9 Å². The number of nitrogens with one attached hydrogen (secondary N) is 3. The zero-order valence-electron chi connectivity index (χ0n) is 12.1. The lowest BCUT2D eigenvalue weighted by Crippen LogP contribution is -3.14. The standard InChI is InChI=1S/C16H19N3OS/c1-20-12-4-2-10(3-5-12)13-15-14(18-16(21)17-13)11-6-8-19(15)9-7-11/h2-5,11,13H,6-9H2,1H3,(H2,17,18,21)/p+1/t13-/m1/s1. The molecule has 0 aliphatic carbocycles. The minimum absolute atomic E-state index is 0.192. The van der Waals surface area contributed by atoms with E-state index in [0.29, 0.717) is 5.92 Å². The number of piperidine rings is 1. The van der Waals surface area contributed by atoms with Crippen molar-refractivity contribution < 1.29 is 9.64 Å². The predicted octanol–water partition coefficient (Wildman–Crippen LogP) is 0.734. The van der Waals surface area contributed by atoms with E-state index >= 15 is 0 Å². The molecule has 0 radical (unpaired) electrons. The Labute approximate surface area is 130 Å². The molecule has 0 aromatic heterocycles. The normalized spacial score (nSPS) is 30.5. The Morgan fingerprint density at radius 3 is 2.57 bits per heavy atom. The second kappa shape index (κ2) is 5.00. The van der Waals surface area contributed by atoms with Gasteiger partial charge in [0.25, 0.3) is 0 Å². The van der Waals surface area contributed by atoms with Crippen LogP contribution in [0.1, 0.15) is 24.4 Å². The van der Waals surface area contributed by atoms with E-state index in [9.17, 15) is 0 Å². The van der Waals surface area contributed by atoms with E-state index in [-0.39, 0.29) is 6.04 Å². The molecule has 0 spiro atoms. The zero-order valence-corrected chi connectivity index (χ0v) is 12.9. The average Bonchev–Trinajstić information content (AvgIpc) is 2.55. The van der Waals surface area contributed by atoms with E-state index in [1.807, 2.05) is 12.1 Å². The van der Waals surface area contributed by atoms with Gasteiger partial charge in [0.1, 0.15) is 11.8 Å². The van der Waals surface area contributed by atoms with Gasteiger partial charge in [-0.1, -0.05) is 12.1 Å². The fraction of sp³-hybridized carbons (Fsp3) is 0.438. The van der Waals surface area contributed by atoms with Crippen molar-refractivity contribution in [3.05, 3.63) is 41.2 Å². The van der Waals surface area contributed by atoms with Crippen LogP contribution in [0, 0.1) is 5.92 Å². The van der Waals surface area contributed by atoms with E-state index in [2.05, 4.69) is 22.8 Å². The number of hydrogen-bond acceptors (Lipinski definition) is 2. The summed E-state index contributed by atoms with van der Waals surface area (Å²) >= 11 is 5.43. The Hall–Kier alpha value is -1.59. The van der Waals surface area contributed by atoms with Gasteiger partial charge in [-0.2, -0.15) is 0 Å². The Bertz CT molecular complexity index is 602. The van der Waals surface area contributed by atoms with E-state index in [1.165, 1.54) is 42.9 Å². The molecule has 4 aliphatic heterocycles. The average molecular weight is 302 g/mol. The van der Waals surface area contributed by atoms with Crippen LogP contribution < -0.4 is 20.3 Å². The SMILES string of the molecule is COc1ccc([C@H]2NC(=S)NC3=C2[NH+]2CCC3CC2)cc1. The molecular formula is C16H20N3OS+. The molecular weight excluding hydrogens is 282 g/mol. The first-order chi connectivity index (χ1) is 10.3. The molecule has 1 saturated heterocycles. The lowest BCUT2D eigenvalue weighted by Gasteiger charge is -2.44. The van der Waals surface area contributed by atoms with Crippen molar-refractivity contribution in [2.75, 3.05) is 20.2 Å². The van der Waals surface area contributed by atoms with Gasteiger partial charge >= 0.3 is 0 Å². The molecule has 1 fully saturated rings. The van der Waals surface area contributed by atoms with Crippen molar-refractivity contribution in [1.82, 2.24) is 10.6 Å². The molecule has 2 bridgehead atoms. The van der Waals surface area contributed by atoms with Crippen LogP contribution in [0.2, 0.25) is 0 Å². The summed E-state index contributed by atoms with van der Waals surface area (Å²) in [6, 6.07) is 8.51. The van der Waals surface area contributed by atoms with Crippen molar-refractivity contribution in [2.45, 2.75) is 18.9 Å². The highest BCUT2D eigenvalue weighted by Crippen LogP contribution is 2.33. The maximum absolute atomic E-state index is 5.43. The van der Waals surface area contributed by atoms with Crippen LogP contribution in [-0.2, 0) is 0 Å². The molecule has 0 saturated carbocycles. The summed E-state index contributed by atoms with van der Waals surface area (Å²) in [6.07, 6.45) is 2.55. The minimum atomic E-state index is 0.192. The monoisotopic (exact) mass is 302 g/mol. The second-order valence-electron chi connectivity index (χ2n) is 6.01. The maximum atomic E-state index is 5.43. The highest BCUT2D eigenvalue weighted by atomic mass is 32.1. The molecule has 4 nitrogen and oxygen atoms in total. The molecule has 5 rings (SSSR count). The highest BCUT2D eigenvalue weighted by molar-refractivity contribution is 7.80. The lowest BCUT2D eigenvalue weighted by molar-refractivity contribution is -0.875. The first kappa shape index (κ1) is 13.1. The minimum Gasteiger partial charge on any atom is -0.497 e. The molecule has 0 unspecified atom stereocenters.